The fraction of sp³-hybridized carbons (Fsp3) is 0. The van der Waals surface area contributed by atoms with E-state index in [4.69, 9.17) is 15.0 Å². The van der Waals surface area contributed by atoms with Crippen molar-refractivity contribution in [3.63, 3.8) is 0 Å². The first-order chi connectivity index (χ1) is 27.3. The molecule has 0 spiro atoms. The van der Waals surface area contributed by atoms with Crippen molar-refractivity contribution in [2.45, 2.75) is 0 Å². The zero-order valence-electron chi connectivity index (χ0n) is 29.8. The molecule has 2 aromatic heterocycles. The van der Waals surface area contributed by atoms with Crippen molar-refractivity contribution < 1.29 is 0 Å². The predicted octanol–water partition coefficient (Wildman–Crippen LogP) is 13.1. The van der Waals surface area contributed by atoms with Crippen LogP contribution in [0.4, 0.5) is 0 Å². The van der Waals surface area contributed by atoms with E-state index in [-0.39, 0.29) is 0 Å². The molecule has 4 nitrogen and oxygen atoms in total. The Kier molecular flexibility index (Phi) is 7.14. The molecule has 11 rings (SSSR count). The smallest absolute Gasteiger partial charge is 0.164 e. The van der Waals surface area contributed by atoms with Gasteiger partial charge in [-0.25, -0.2) is 15.0 Å². The zero-order chi connectivity index (χ0) is 36.3. The highest BCUT2D eigenvalue weighted by Crippen LogP contribution is 2.43. The molecular weight excluding hydrogens is 669 g/mol. The molecule has 9 aromatic carbocycles. The van der Waals surface area contributed by atoms with E-state index in [1.54, 1.807) is 0 Å². The van der Waals surface area contributed by atoms with E-state index in [9.17, 15) is 0 Å². The fourth-order valence-corrected chi connectivity index (χ4v) is 8.40. The van der Waals surface area contributed by atoms with E-state index < -0.39 is 0 Å². The molecule has 11 aromatic rings. The van der Waals surface area contributed by atoms with Crippen LogP contribution >= 0.6 is 0 Å². The maximum absolute atomic E-state index is 5.27. The van der Waals surface area contributed by atoms with Gasteiger partial charge in [0.25, 0.3) is 0 Å². The Morgan fingerprint density at radius 2 is 0.727 bits per heavy atom. The lowest BCUT2D eigenvalue weighted by Gasteiger charge is -2.18. The molecule has 55 heavy (non-hydrogen) atoms. The van der Waals surface area contributed by atoms with Gasteiger partial charge in [-0.15, -0.1) is 0 Å². The first-order valence-corrected chi connectivity index (χ1v) is 18.6. The summed E-state index contributed by atoms with van der Waals surface area (Å²) in [7, 11) is 0. The van der Waals surface area contributed by atoms with Gasteiger partial charge in [0, 0.05) is 38.2 Å². The summed E-state index contributed by atoms with van der Waals surface area (Å²) in [6.07, 6.45) is 0. The van der Waals surface area contributed by atoms with Gasteiger partial charge in [-0.1, -0.05) is 170 Å². The molecule has 4 heteroatoms. The molecule has 0 N–H and O–H groups in total. The van der Waals surface area contributed by atoms with E-state index in [0.717, 1.165) is 49.7 Å². The second kappa shape index (κ2) is 12.6. The molecule has 2 heterocycles. The van der Waals surface area contributed by atoms with Crippen LogP contribution in [0.1, 0.15) is 0 Å². The van der Waals surface area contributed by atoms with Gasteiger partial charge in [0.05, 0.1) is 16.7 Å². The normalized spacial score (nSPS) is 11.6. The van der Waals surface area contributed by atoms with E-state index in [1.165, 1.54) is 38.0 Å². The Labute approximate surface area is 317 Å². The van der Waals surface area contributed by atoms with Gasteiger partial charge >= 0.3 is 0 Å². The van der Waals surface area contributed by atoms with Gasteiger partial charge in [0.15, 0.2) is 17.5 Å². The molecule has 0 unspecified atom stereocenters. The third-order valence-electron chi connectivity index (χ3n) is 10.8. The molecule has 0 aliphatic carbocycles. The predicted molar refractivity (Wildman–Crippen MR) is 228 cm³/mol. The Bertz CT molecular complexity index is 3160. The molecule has 0 amide bonds. The lowest BCUT2D eigenvalue weighted by molar-refractivity contribution is 1.08. The Morgan fingerprint density at radius 3 is 1.38 bits per heavy atom. The number of fused-ring (bicyclic) bond motifs is 9. The van der Waals surface area contributed by atoms with Crippen LogP contribution in [0.2, 0.25) is 0 Å². The molecular formula is C51H32N4. The lowest BCUT2D eigenvalue weighted by Crippen LogP contribution is -2.01. The van der Waals surface area contributed by atoms with Gasteiger partial charge in [-0.05, 0) is 56.9 Å². The van der Waals surface area contributed by atoms with E-state index >= 15 is 0 Å². The minimum Gasteiger partial charge on any atom is -0.309 e. The van der Waals surface area contributed by atoms with Crippen LogP contribution in [0.25, 0.3) is 105 Å². The molecule has 0 aliphatic rings. The standard InChI is InChI=1S/C51H32N4/c1-3-16-33(17-4-1)35-20-13-21-36(32-35)50-52-49(34-18-5-2-6-19-34)53-51(54-50)43-28-14-26-40-42-27-15-31-46(48(42)41-25-8-7-24-39(41)47(40)43)55-44-29-11-9-22-37(44)38-23-10-12-30-45(38)55/h1-32H. The number of para-hydroxylation sites is 2. The summed E-state index contributed by atoms with van der Waals surface area (Å²) in [6.45, 7) is 0. The quantitative estimate of drug-likeness (QED) is 0.168. The van der Waals surface area contributed by atoms with Crippen LogP contribution in [-0.2, 0) is 0 Å². The SMILES string of the molecule is c1ccc(-c2cccc(-c3nc(-c4ccccc4)nc(-c4cccc5c6cccc(-n7c8ccccc8c8ccccc87)c6c6ccccc6c45)n3)c2)cc1. The van der Waals surface area contributed by atoms with Crippen molar-refractivity contribution in [1.29, 1.82) is 0 Å². The summed E-state index contributed by atoms with van der Waals surface area (Å²) in [6, 6.07) is 68.6. The summed E-state index contributed by atoms with van der Waals surface area (Å²) in [5, 5.41) is 9.51. The van der Waals surface area contributed by atoms with E-state index in [0.29, 0.717) is 17.5 Å². The molecule has 0 radical (unpaired) electrons. The Balaban J connectivity index is 1.20. The highest BCUT2D eigenvalue weighted by atomic mass is 15.0. The van der Waals surface area contributed by atoms with Gasteiger partial charge in [-0.2, -0.15) is 0 Å². The zero-order valence-corrected chi connectivity index (χ0v) is 29.8. The lowest BCUT2D eigenvalue weighted by atomic mass is 9.90. The van der Waals surface area contributed by atoms with E-state index in [2.05, 4.69) is 174 Å². The highest BCUT2D eigenvalue weighted by molar-refractivity contribution is 6.30. The van der Waals surface area contributed by atoms with Crippen LogP contribution < -0.4 is 0 Å². The number of aromatic nitrogens is 4. The van der Waals surface area contributed by atoms with Crippen molar-refractivity contribution in [2.24, 2.45) is 0 Å². The molecule has 0 atom stereocenters. The first kappa shape index (κ1) is 31.1. The van der Waals surface area contributed by atoms with Crippen molar-refractivity contribution in [2.75, 3.05) is 0 Å². The number of rotatable bonds is 5. The summed E-state index contributed by atoms with van der Waals surface area (Å²) >= 11 is 0. The third-order valence-corrected chi connectivity index (χ3v) is 10.8. The molecule has 0 saturated carbocycles. The van der Waals surface area contributed by atoms with Gasteiger partial charge < -0.3 is 4.57 Å². The second-order valence-corrected chi connectivity index (χ2v) is 14.0. The van der Waals surface area contributed by atoms with Crippen LogP contribution in [0, 0.1) is 0 Å². The maximum atomic E-state index is 5.27. The van der Waals surface area contributed by atoms with Gasteiger partial charge in [0.1, 0.15) is 0 Å². The summed E-state index contributed by atoms with van der Waals surface area (Å²) in [4.78, 5) is 15.6. The van der Waals surface area contributed by atoms with Crippen LogP contribution in [0.15, 0.2) is 194 Å². The van der Waals surface area contributed by atoms with Gasteiger partial charge in [-0.3, -0.25) is 0 Å². The molecule has 0 bridgehead atoms. The third kappa shape index (κ3) is 5.03. The van der Waals surface area contributed by atoms with Crippen molar-refractivity contribution in [3.8, 4) is 51.0 Å². The summed E-state index contributed by atoms with van der Waals surface area (Å²) < 4.78 is 2.43. The molecule has 0 saturated heterocycles. The fourth-order valence-electron chi connectivity index (χ4n) is 8.40. The van der Waals surface area contributed by atoms with Crippen LogP contribution in [0.3, 0.4) is 0 Å². The van der Waals surface area contributed by atoms with Crippen molar-refractivity contribution >= 4 is 54.1 Å². The van der Waals surface area contributed by atoms with E-state index in [1.807, 2.05) is 24.3 Å². The molecule has 0 fully saturated rings. The average Bonchev–Trinajstić information content (AvgIpc) is 3.61. The average molecular weight is 701 g/mol. The largest absolute Gasteiger partial charge is 0.309 e. The minimum absolute atomic E-state index is 0.636. The van der Waals surface area contributed by atoms with Crippen molar-refractivity contribution in [1.82, 2.24) is 19.5 Å². The first-order valence-electron chi connectivity index (χ1n) is 18.6. The van der Waals surface area contributed by atoms with Crippen LogP contribution in [-0.4, -0.2) is 19.5 Å². The Hall–Kier alpha value is -7.43. The van der Waals surface area contributed by atoms with Gasteiger partial charge in [0.2, 0.25) is 0 Å². The highest BCUT2D eigenvalue weighted by Gasteiger charge is 2.21. The summed E-state index contributed by atoms with van der Waals surface area (Å²) in [5.74, 6) is 1.92. The number of benzene rings is 9. The maximum Gasteiger partial charge on any atom is 0.164 e. The molecule has 0 aliphatic heterocycles. The monoisotopic (exact) mass is 700 g/mol. The number of hydrogen-bond acceptors (Lipinski definition) is 3. The molecule has 256 valence electrons. The topological polar surface area (TPSA) is 43.6 Å². The second-order valence-electron chi connectivity index (χ2n) is 14.0. The minimum atomic E-state index is 0.636. The van der Waals surface area contributed by atoms with Crippen molar-refractivity contribution in [3.05, 3.63) is 194 Å². The number of nitrogens with zero attached hydrogens (tertiary/aromatic N) is 4. The Morgan fingerprint density at radius 1 is 0.291 bits per heavy atom. The van der Waals surface area contributed by atoms with Crippen LogP contribution in [0.5, 0.6) is 0 Å². The summed E-state index contributed by atoms with van der Waals surface area (Å²) in [5.41, 5.74) is 8.65. The number of hydrogen-bond donors (Lipinski definition) is 0.